The number of allylic oxidation sites excluding steroid dienone is 2. The van der Waals surface area contributed by atoms with E-state index in [1.807, 2.05) is 18.2 Å². The lowest BCUT2D eigenvalue weighted by molar-refractivity contribution is 0.839. The van der Waals surface area contributed by atoms with Crippen molar-refractivity contribution in [1.82, 2.24) is 14.5 Å². The molecule has 3 nitrogen and oxygen atoms in total. The number of aromatic nitrogens is 3. The van der Waals surface area contributed by atoms with Crippen LogP contribution in [0.4, 0.5) is 0 Å². The molecule has 0 amide bonds. The molecule has 0 radical (unpaired) electrons. The van der Waals surface area contributed by atoms with Gasteiger partial charge in [-0.15, -0.1) is 13.2 Å². The first-order valence-corrected chi connectivity index (χ1v) is 5.55. The average Bonchev–Trinajstić information content (AvgIpc) is 2.74. The van der Waals surface area contributed by atoms with Crippen LogP contribution in [-0.2, 0) is 12.8 Å². The van der Waals surface area contributed by atoms with E-state index in [1.54, 1.807) is 12.4 Å². The van der Waals surface area contributed by atoms with Gasteiger partial charge in [0.1, 0.15) is 0 Å². The lowest BCUT2D eigenvalue weighted by atomic mass is 10.3. The van der Waals surface area contributed by atoms with Crippen molar-refractivity contribution in [3.05, 3.63) is 67.3 Å². The van der Waals surface area contributed by atoms with E-state index in [0.29, 0.717) is 5.95 Å². The van der Waals surface area contributed by atoms with Crippen LogP contribution in [0.15, 0.2) is 55.9 Å². The summed E-state index contributed by atoms with van der Waals surface area (Å²) in [5.41, 5.74) is 2.28. The molecule has 2 aromatic heterocycles. The zero-order valence-corrected chi connectivity index (χ0v) is 9.71. The normalized spacial score (nSPS) is 10.1. The highest BCUT2D eigenvalue weighted by Crippen LogP contribution is 2.15. The van der Waals surface area contributed by atoms with Crippen LogP contribution in [-0.4, -0.2) is 14.5 Å². The van der Waals surface area contributed by atoms with Crippen LogP contribution in [0, 0.1) is 0 Å². The zero-order chi connectivity index (χ0) is 12.1. The Labute approximate surface area is 101 Å². The van der Waals surface area contributed by atoms with Crippen LogP contribution in [0.5, 0.6) is 0 Å². The molecule has 0 aromatic carbocycles. The summed E-state index contributed by atoms with van der Waals surface area (Å²) >= 11 is 0. The Morgan fingerprint density at radius 1 is 1.00 bits per heavy atom. The highest BCUT2D eigenvalue weighted by molar-refractivity contribution is 5.29. The SMILES string of the molecule is C=CCc1ccc(CC=C)n1-c1ncccn1. The largest absolute Gasteiger partial charge is 0.286 e. The maximum Gasteiger partial charge on any atom is 0.234 e. The van der Waals surface area contributed by atoms with E-state index in [9.17, 15) is 0 Å². The standard InChI is InChI=1S/C14H15N3/c1-3-6-12-8-9-13(7-4-2)17(12)14-15-10-5-11-16-14/h3-5,8-11H,1-2,6-7H2. The van der Waals surface area contributed by atoms with Crippen molar-refractivity contribution >= 4 is 0 Å². The number of hydrogen-bond donors (Lipinski definition) is 0. The Balaban J connectivity index is 2.51. The van der Waals surface area contributed by atoms with Gasteiger partial charge >= 0.3 is 0 Å². The summed E-state index contributed by atoms with van der Waals surface area (Å²) in [6, 6.07) is 5.97. The fourth-order valence-corrected chi connectivity index (χ4v) is 1.80. The molecule has 2 rings (SSSR count). The van der Waals surface area contributed by atoms with Crippen molar-refractivity contribution in [2.24, 2.45) is 0 Å². The predicted octanol–water partition coefficient (Wildman–Crippen LogP) is 2.72. The van der Waals surface area contributed by atoms with E-state index in [2.05, 4.69) is 39.8 Å². The first-order valence-electron chi connectivity index (χ1n) is 5.55. The smallest absolute Gasteiger partial charge is 0.234 e. The summed E-state index contributed by atoms with van der Waals surface area (Å²) in [7, 11) is 0. The number of rotatable bonds is 5. The van der Waals surface area contributed by atoms with Crippen molar-refractivity contribution in [1.29, 1.82) is 0 Å². The summed E-state index contributed by atoms with van der Waals surface area (Å²) in [4.78, 5) is 8.58. The highest BCUT2D eigenvalue weighted by atomic mass is 15.2. The molecule has 0 spiro atoms. The van der Waals surface area contributed by atoms with Gasteiger partial charge in [0.25, 0.3) is 0 Å². The Hall–Kier alpha value is -2.16. The molecule has 2 aromatic rings. The number of hydrogen-bond acceptors (Lipinski definition) is 2. The van der Waals surface area contributed by atoms with Crippen LogP contribution in [0.3, 0.4) is 0 Å². The van der Waals surface area contributed by atoms with Crippen LogP contribution in [0.2, 0.25) is 0 Å². The van der Waals surface area contributed by atoms with Crippen molar-refractivity contribution in [3.8, 4) is 5.95 Å². The molecule has 0 aliphatic rings. The Kier molecular flexibility index (Phi) is 3.50. The van der Waals surface area contributed by atoms with Crippen molar-refractivity contribution in [3.63, 3.8) is 0 Å². The third kappa shape index (κ3) is 2.33. The molecule has 0 saturated carbocycles. The van der Waals surface area contributed by atoms with E-state index in [-0.39, 0.29) is 0 Å². The molecule has 0 bridgehead atoms. The highest BCUT2D eigenvalue weighted by Gasteiger charge is 2.09. The summed E-state index contributed by atoms with van der Waals surface area (Å²) in [5, 5.41) is 0. The fourth-order valence-electron chi connectivity index (χ4n) is 1.80. The van der Waals surface area contributed by atoms with Gasteiger partial charge in [-0.25, -0.2) is 9.97 Å². The molecule has 17 heavy (non-hydrogen) atoms. The summed E-state index contributed by atoms with van der Waals surface area (Å²) in [6.07, 6.45) is 8.86. The quantitative estimate of drug-likeness (QED) is 0.732. The predicted molar refractivity (Wildman–Crippen MR) is 69.2 cm³/mol. The van der Waals surface area contributed by atoms with Gasteiger partial charge in [0.2, 0.25) is 5.95 Å². The second-order valence-corrected chi connectivity index (χ2v) is 3.69. The minimum atomic E-state index is 0.700. The van der Waals surface area contributed by atoms with Crippen molar-refractivity contribution in [2.75, 3.05) is 0 Å². The lowest BCUT2D eigenvalue weighted by Gasteiger charge is -2.09. The topological polar surface area (TPSA) is 30.7 Å². The van der Waals surface area contributed by atoms with E-state index in [0.717, 1.165) is 24.2 Å². The Morgan fingerprint density at radius 2 is 1.53 bits per heavy atom. The molecule has 0 aliphatic heterocycles. The van der Waals surface area contributed by atoms with Gasteiger partial charge in [-0.3, -0.25) is 4.57 Å². The summed E-state index contributed by atoms with van der Waals surface area (Å²) in [5.74, 6) is 0.700. The maximum atomic E-state index is 4.29. The fraction of sp³-hybridized carbons (Fsp3) is 0.143. The van der Waals surface area contributed by atoms with Gasteiger partial charge < -0.3 is 0 Å². The summed E-state index contributed by atoms with van der Waals surface area (Å²) in [6.45, 7) is 7.54. The molecule has 3 heteroatoms. The van der Waals surface area contributed by atoms with Gasteiger partial charge in [-0.1, -0.05) is 12.2 Å². The van der Waals surface area contributed by atoms with Crippen LogP contribution >= 0.6 is 0 Å². The molecule has 0 atom stereocenters. The van der Waals surface area contributed by atoms with Gasteiger partial charge in [0, 0.05) is 36.6 Å². The van der Waals surface area contributed by atoms with Crippen molar-refractivity contribution < 1.29 is 0 Å². The first kappa shape index (κ1) is 11.3. The van der Waals surface area contributed by atoms with Gasteiger partial charge in [0.15, 0.2) is 0 Å². The minimum absolute atomic E-state index is 0.700. The third-order valence-corrected chi connectivity index (χ3v) is 2.50. The monoisotopic (exact) mass is 225 g/mol. The number of nitrogens with zero attached hydrogens (tertiary/aromatic N) is 3. The van der Waals surface area contributed by atoms with E-state index >= 15 is 0 Å². The zero-order valence-electron chi connectivity index (χ0n) is 9.71. The van der Waals surface area contributed by atoms with E-state index in [1.165, 1.54) is 0 Å². The molecule has 0 N–H and O–H groups in total. The molecule has 86 valence electrons. The molecule has 0 unspecified atom stereocenters. The van der Waals surface area contributed by atoms with Crippen LogP contribution in [0.1, 0.15) is 11.4 Å². The molecular formula is C14H15N3. The first-order chi connectivity index (χ1) is 8.36. The average molecular weight is 225 g/mol. The Morgan fingerprint density at radius 3 is 2.00 bits per heavy atom. The van der Waals surface area contributed by atoms with Crippen LogP contribution in [0.25, 0.3) is 5.95 Å². The van der Waals surface area contributed by atoms with Crippen molar-refractivity contribution in [2.45, 2.75) is 12.8 Å². The van der Waals surface area contributed by atoms with Gasteiger partial charge in [-0.2, -0.15) is 0 Å². The second-order valence-electron chi connectivity index (χ2n) is 3.69. The van der Waals surface area contributed by atoms with Gasteiger partial charge in [-0.05, 0) is 18.2 Å². The van der Waals surface area contributed by atoms with E-state index < -0.39 is 0 Å². The van der Waals surface area contributed by atoms with E-state index in [4.69, 9.17) is 0 Å². The molecule has 0 fully saturated rings. The molecule has 0 aliphatic carbocycles. The van der Waals surface area contributed by atoms with Crippen LogP contribution < -0.4 is 0 Å². The second kappa shape index (κ2) is 5.25. The Bertz CT molecular complexity index is 484. The van der Waals surface area contributed by atoms with Gasteiger partial charge in [0.05, 0.1) is 0 Å². The molecule has 0 saturated heterocycles. The third-order valence-electron chi connectivity index (χ3n) is 2.50. The molecular weight excluding hydrogens is 210 g/mol. The summed E-state index contributed by atoms with van der Waals surface area (Å²) < 4.78 is 2.06. The molecule has 2 heterocycles. The maximum absolute atomic E-state index is 4.29. The lowest BCUT2D eigenvalue weighted by Crippen LogP contribution is -2.07. The minimum Gasteiger partial charge on any atom is -0.286 e.